The fourth-order valence-corrected chi connectivity index (χ4v) is 3.67. The minimum absolute atomic E-state index is 0. The fraction of sp³-hybridized carbons (Fsp3) is 0.941. The van der Waals surface area contributed by atoms with Crippen LogP contribution in [0.4, 0.5) is 0 Å². The molecular formula is C17H36IN5. The van der Waals surface area contributed by atoms with Crippen LogP contribution in [0.15, 0.2) is 4.99 Å². The van der Waals surface area contributed by atoms with Crippen molar-refractivity contribution >= 4 is 29.9 Å². The lowest BCUT2D eigenvalue weighted by Gasteiger charge is -2.24. The summed E-state index contributed by atoms with van der Waals surface area (Å²) in [7, 11) is 1.87. The summed E-state index contributed by atoms with van der Waals surface area (Å²) in [5.74, 6) is 0.956. The zero-order chi connectivity index (χ0) is 15.6. The lowest BCUT2D eigenvalue weighted by Crippen LogP contribution is -2.46. The van der Waals surface area contributed by atoms with E-state index in [-0.39, 0.29) is 24.0 Å². The summed E-state index contributed by atoms with van der Waals surface area (Å²) in [6.45, 7) is 10.3. The van der Waals surface area contributed by atoms with Crippen molar-refractivity contribution in [2.75, 3.05) is 52.9 Å². The molecule has 0 aromatic heterocycles. The van der Waals surface area contributed by atoms with Gasteiger partial charge >= 0.3 is 0 Å². The van der Waals surface area contributed by atoms with E-state index < -0.39 is 0 Å². The lowest BCUT2D eigenvalue weighted by atomic mass is 10.2. The van der Waals surface area contributed by atoms with Crippen molar-refractivity contribution in [1.29, 1.82) is 0 Å². The summed E-state index contributed by atoms with van der Waals surface area (Å²) in [6.07, 6.45) is 8.18. The second kappa shape index (κ2) is 12.3. The van der Waals surface area contributed by atoms with Crippen molar-refractivity contribution in [3.05, 3.63) is 0 Å². The molecule has 0 amide bonds. The number of rotatable bonds is 6. The van der Waals surface area contributed by atoms with Crippen molar-refractivity contribution in [2.45, 2.75) is 51.5 Å². The Morgan fingerprint density at radius 3 is 2.43 bits per heavy atom. The maximum Gasteiger partial charge on any atom is 0.191 e. The molecule has 0 saturated carbocycles. The second-order valence-corrected chi connectivity index (χ2v) is 6.56. The molecule has 1 unspecified atom stereocenters. The van der Waals surface area contributed by atoms with E-state index in [1.165, 1.54) is 58.2 Å². The van der Waals surface area contributed by atoms with E-state index in [1.807, 2.05) is 7.05 Å². The number of aliphatic imine (C=N–C) groups is 1. The van der Waals surface area contributed by atoms with E-state index >= 15 is 0 Å². The molecule has 2 N–H and O–H groups in total. The van der Waals surface area contributed by atoms with Gasteiger partial charge in [0.15, 0.2) is 5.96 Å². The highest BCUT2D eigenvalue weighted by Crippen LogP contribution is 2.15. The van der Waals surface area contributed by atoms with Crippen LogP contribution in [0, 0.1) is 0 Å². The van der Waals surface area contributed by atoms with Crippen molar-refractivity contribution in [3.8, 4) is 0 Å². The smallest absolute Gasteiger partial charge is 0.191 e. The molecule has 2 heterocycles. The summed E-state index contributed by atoms with van der Waals surface area (Å²) < 4.78 is 0. The molecule has 1 atom stereocenters. The number of nitrogens with zero attached hydrogens (tertiary/aromatic N) is 3. The maximum absolute atomic E-state index is 4.36. The molecule has 6 heteroatoms. The number of hydrogen-bond acceptors (Lipinski definition) is 3. The highest BCUT2D eigenvalue weighted by atomic mass is 127. The van der Waals surface area contributed by atoms with Gasteiger partial charge in [0.25, 0.3) is 0 Å². The predicted molar refractivity (Wildman–Crippen MR) is 110 cm³/mol. The van der Waals surface area contributed by atoms with Crippen LogP contribution in [0.5, 0.6) is 0 Å². The Morgan fingerprint density at radius 1 is 1.04 bits per heavy atom. The number of likely N-dealkylation sites (N-methyl/N-ethyl adjacent to an activating group) is 1. The van der Waals surface area contributed by atoms with Gasteiger partial charge in [0.05, 0.1) is 0 Å². The Morgan fingerprint density at radius 2 is 1.78 bits per heavy atom. The van der Waals surface area contributed by atoms with Gasteiger partial charge in [0.1, 0.15) is 0 Å². The van der Waals surface area contributed by atoms with Gasteiger partial charge in [-0.05, 0) is 51.9 Å². The highest BCUT2D eigenvalue weighted by molar-refractivity contribution is 14.0. The minimum atomic E-state index is 0. The Hall–Kier alpha value is -0.0800. The zero-order valence-electron chi connectivity index (χ0n) is 15.0. The predicted octanol–water partition coefficient (Wildman–Crippen LogP) is 2.13. The minimum Gasteiger partial charge on any atom is -0.355 e. The van der Waals surface area contributed by atoms with Crippen LogP contribution < -0.4 is 10.6 Å². The van der Waals surface area contributed by atoms with Crippen LogP contribution in [0.1, 0.15) is 45.4 Å². The first kappa shape index (κ1) is 21.0. The van der Waals surface area contributed by atoms with Gasteiger partial charge in [-0.15, -0.1) is 24.0 Å². The summed E-state index contributed by atoms with van der Waals surface area (Å²) in [5.41, 5.74) is 0. The largest absolute Gasteiger partial charge is 0.355 e. The Bertz CT molecular complexity index is 329. The van der Waals surface area contributed by atoms with Crippen LogP contribution in [0.25, 0.3) is 0 Å². The van der Waals surface area contributed by atoms with Crippen LogP contribution in [-0.2, 0) is 0 Å². The van der Waals surface area contributed by atoms with Crippen molar-refractivity contribution < 1.29 is 0 Å². The lowest BCUT2D eigenvalue weighted by molar-refractivity contribution is 0.266. The van der Waals surface area contributed by atoms with E-state index in [0.717, 1.165) is 32.1 Å². The fourth-order valence-electron chi connectivity index (χ4n) is 3.67. The summed E-state index contributed by atoms with van der Waals surface area (Å²) in [4.78, 5) is 9.51. The van der Waals surface area contributed by atoms with Crippen LogP contribution >= 0.6 is 24.0 Å². The molecule has 0 bridgehead atoms. The maximum atomic E-state index is 4.36. The molecule has 5 nitrogen and oxygen atoms in total. The average molecular weight is 437 g/mol. The third-order valence-electron chi connectivity index (χ3n) is 5.05. The SMILES string of the molecule is CCN1CCCC1CNC(=NC)NCCN1CCCCCC1.I. The molecule has 2 saturated heterocycles. The highest BCUT2D eigenvalue weighted by Gasteiger charge is 2.22. The molecule has 2 aliphatic rings. The number of halogens is 1. The van der Waals surface area contributed by atoms with E-state index in [2.05, 4.69) is 32.3 Å². The topological polar surface area (TPSA) is 42.9 Å². The molecule has 0 spiro atoms. The van der Waals surface area contributed by atoms with Crippen molar-refractivity contribution in [2.24, 2.45) is 4.99 Å². The average Bonchev–Trinajstić information content (AvgIpc) is 2.84. The Balaban J connectivity index is 0.00000264. The first-order valence-electron chi connectivity index (χ1n) is 9.24. The normalized spacial score (nSPS) is 24.1. The van der Waals surface area contributed by atoms with Crippen LogP contribution in [0.2, 0.25) is 0 Å². The van der Waals surface area contributed by atoms with Crippen molar-refractivity contribution in [1.82, 2.24) is 20.4 Å². The Labute approximate surface area is 159 Å². The van der Waals surface area contributed by atoms with Gasteiger partial charge in [-0.25, -0.2) is 0 Å². The van der Waals surface area contributed by atoms with E-state index in [1.54, 1.807) is 0 Å². The van der Waals surface area contributed by atoms with Gasteiger partial charge in [-0.3, -0.25) is 9.89 Å². The molecule has 0 radical (unpaired) electrons. The van der Waals surface area contributed by atoms with E-state index in [0.29, 0.717) is 6.04 Å². The van der Waals surface area contributed by atoms with E-state index in [9.17, 15) is 0 Å². The van der Waals surface area contributed by atoms with Crippen LogP contribution in [0.3, 0.4) is 0 Å². The monoisotopic (exact) mass is 437 g/mol. The van der Waals surface area contributed by atoms with Gasteiger partial charge in [-0.1, -0.05) is 19.8 Å². The quantitative estimate of drug-likeness (QED) is 0.380. The number of likely N-dealkylation sites (tertiary alicyclic amines) is 2. The first-order chi connectivity index (χ1) is 10.8. The molecule has 23 heavy (non-hydrogen) atoms. The third-order valence-corrected chi connectivity index (χ3v) is 5.05. The van der Waals surface area contributed by atoms with Gasteiger partial charge < -0.3 is 15.5 Å². The molecule has 0 aromatic rings. The second-order valence-electron chi connectivity index (χ2n) is 6.56. The Kier molecular flexibility index (Phi) is 11.2. The third kappa shape index (κ3) is 7.56. The van der Waals surface area contributed by atoms with Crippen molar-refractivity contribution in [3.63, 3.8) is 0 Å². The summed E-state index contributed by atoms with van der Waals surface area (Å²) in [5, 5.41) is 6.98. The molecule has 136 valence electrons. The summed E-state index contributed by atoms with van der Waals surface area (Å²) >= 11 is 0. The number of nitrogens with one attached hydrogen (secondary N) is 2. The summed E-state index contributed by atoms with van der Waals surface area (Å²) in [6, 6.07) is 0.675. The number of guanidine groups is 1. The first-order valence-corrected chi connectivity index (χ1v) is 9.24. The van der Waals surface area contributed by atoms with Gasteiger partial charge in [0, 0.05) is 32.7 Å². The standard InChI is InChI=1S/C17H35N5.HI/c1-3-22-13-8-9-16(22)15-20-17(18-2)19-10-14-21-11-6-4-5-7-12-21;/h16H,3-15H2,1-2H3,(H2,18,19,20);1H. The van der Waals surface area contributed by atoms with Gasteiger partial charge in [0.2, 0.25) is 0 Å². The molecule has 0 aliphatic carbocycles. The molecule has 2 aliphatic heterocycles. The van der Waals surface area contributed by atoms with Crippen LogP contribution in [-0.4, -0.2) is 74.7 Å². The molecular weight excluding hydrogens is 401 g/mol. The molecule has 2 fully saturated rings. The molecule has 0 aromatic carbocycles. The molecule has 2 rings (SSSR count). The van der Waals surface area contributed by atoms with E-state index in [4.69, 9.17) is 0 Å². The number of hydrogen-bond donors (Lipinski definition) is 2. The zero-order valence-corrected chi connectivity index (χ0v) is 17.3. The van der Waals surface area contributed by atoms with Gasteiger partial charge in [-0.2, -0.15) is 0 Å².